The second-order valence-electron chi connectivity index (χ2n) is 8.85. The quantitative estimate of drug-likeness (QED) is 0.277. The van der Waals surface area contributed by atoms with Crippen LogP contribution in [0, 0.1) is 6.92 Å². The number of carbonyl (C=O) groups is 3. The number of ether oxygens (including phenoxy) is 3. The molecule has 0 spiro atoms. The number of hydrogen-bond donors (Lipinski definition) is 2. The van der Waals surface area contributed by atoms with Crippen molar-refractivity contribution in [1.29, 1.82) is 0 Å². The number of benzene rings is 1. The Morgan fingerprint density at radius 1 is 1.20 bits per heavy atom. The Hall–Kier alpha value is -3.03. The third kappa shape index (κ3) is 7.47. The third-order valence-electron chi connectivity index (χ3n) is 6.33. The normalized spacial score (nSPS) is 13.7. The topological polar surface area (TPSA) is 103 Å². The van der Waals surface area contributed by atoms with Crippen molar-refractivity contribution in [3.05, 3.63) is 33.9 Å². The molecule has 0 saturated carbocycles. The number of methoxy groups -OCH3 is 1. The van der Waals surface area contributed by atoms with Crippen molar-refractivity contribution in [3.63, 3.8) is 0 Å². The molecule has 1 atom stereocenters. The summed E-state index contributed by atoms with van der Waals surface area (Å²) in [6.45, 7) is 10.3. The van der Waals surface area contributed by atoms with Gasteiger partial charge in [0.1, 0.15) is 12.4 Å². The number of esters is 2. The number of unbranched alkanes of at least 4 members (excludes halogenated alkanes) is 1. The number of nitrogens with one attached hydrogen (secondary N) is 2. The van der Waals surface area contributed by atoms with E-state index in [1.165, 1.54) is 0 Å². The Kier molecular flexibility index (Phi) is 11.1. The maximum absolute atomic E-state index is 13.0. The van der Waals surface area contributed by atoms with E-state index in [1.807, 2.05) is 26.8 Å². The molecule has 0 radical (unpaired) electrons. The molecule has 0 bridgehead atoms. The van der Waals surface area contributed by atoms with Gasteiger partial charge in [0.15, 0.2) is 0 Å². The lowest BCUT2D eigenvalue weighted by Gasteiger charge is -2.22. The van der Waals surface area contributed by atoms with Crippen LogP contribution in [0.25, 0.3) is 0 Å². The molecule has 0 aromatic heterocycles. The van der Waals surface area contributed by atoms with Crippen LogP contribution in [-0.2, 0) is 27.3 Å². The first-order valence-electron chi connectivity index (χ1n) is 12.5. The van der Waals surface area contributed by atoms with Gasteiger partial charge in [-0.2, -0.15) is 0 Å². The number of anilines is 1. The van der Waals surface area contributed by atoms with Crippen molar-refractivity contribution in [2.24, 2.45) is 0 Å². The van der Waals surface area contributed by atoms with Crippen LogP contribution >= 0.6 is 0 Å². The summed E-state index contributed by atoms with van der Waals surface area (Å²) >= 11 is 0. The van der Waals surface area contributed by atoms with E-state index in [4.69, 9.17) is 14.2 Å². The minimum absolute atomic E-state index is 0.0516. The summed E-state index contributed by atoms with van der Waals surface area (Å²) in [6.07, 6.45) is 7.07. The molecule has 1 aliphatic heterocycles. The van der Waals surface area contributed by atoms with Crippen LogP contribution in [0.2, 0.25) is 0 Å². The molecule has 1 aliphatic rings. The van der Waals surface area contributed by atoms with Crippen molar-refractivity contribution in [2.45, 2.75) is 92.2 Å². The van der Waals surface area contributed by atoms with Crippen LogP contribution in [0.5, 0.6) is 5.75 Å². The second-order valence-corrected chi connectivity index (χ2v) is 8.85. The van der Waals surface area contributed by atoms with E-state index in [1.54, 1.807) is 14.0 Å². The summed E-state index contributed by atoms with van der Waals surface area (Å²) in [5.41, 5.74) is 4.06. The van der Waals surface area contributed by atoms with Crippen molar-refractivity contribution >= 4 is 23.7 Å². The van der Waals surface area contributed by atoms with Gasteiger partial charge in [-0.1, -0.05) is 38.3 Å². The van der Waals surface area contributed by atoms with Crippen molar-refractivity contribution in [3.8, 4) is 5.75 Å². The van der Waals surface area contributed by atoms with Gasteiger partial charge >= 0.3 is 18.0 Å². The molecule has 194 valence electrons. The monoisotopic (exact) mass is 488 g/mol. The fourth-order valence-electron chi connectivity index (χ4n) is 4.27. The van der Waals surface area contributed by atoms with E-state index in [-0.39, 0.29) is 24.6 Å². The highest BCUT2D eigenvalue weighted by atomic mass is 16.5. The van der Waals surface area contributed by atoms with Crippen LogP contribution in [0.1, 0.15) is 93.3 Å². The molecular weight excluding hydrogens is 448 g/mol. The van der Waals surface area contributed by atoms with Crippen molar-refractivity contribution in [2.75, 3.05) is 19.0 Å². The molecule has 2 rings (SSSR count). The number of rotatable bonds is 13. The van der Waals surface area contributed by atoms with E-state index in [9.17, 15) is 14.4 Å². The zero-order chi connectivity index (χ0) is 26.0. The zero-order valence-corrected chi connectivity index (χ0v) is 22.0. The lowest BCUT2D eigenvalue weighted by atomic mass is 9.93. The molecular formula is C27H40N2O6. The Morgan fingerprint density at radius 2 is 1.94 bits per heavy atom. The molecule has 2 amide bonds. The highest BCUT2D eigenvalue weighted by Crippen LogP contribution is 2.41. The van der Waals surface area contributed by atoms with E-state index < -0.39 is 5.97 Å². The number of amides is 2. The standard InChI is InChI=1S/C27H40N2O6/c1-7-10-11-19(8-2)28-27(32)29-24-20(14-12-17(4)13-15-22(30)34-9-3)25(33-6)18(5)21-16-35-26(31)23(21)24/h12,19H,7-11,13-16H2,1-6H3,(H2,28,29,32)/b17-12+. The number of carbonyl (C=O) groups excluding carboxylic acids is 3. The Morgan fingerprint density at radius 3 is 2.57 bits per heavy atom. The lowest BCUT2D eigenvalue weighted by Crippen LogP contribution is -2.38. The molecule has 8 heteroatoms. The second kappa shape index (κ2) is 13.8. The first-order valence-corrected chi connectivity index (χ1v) is 12.5. The minimum Gasteiger partial charge on any atom is -0.496 e. The SMILES string of the molecule is CCCCC(CC)NC(=O)Nc1c(C/C=C(\C)CCC(=O)OCC)c(OC)c(C)c2c1C(=O)OC2. The van der Waals surface area contributed by atoms with Crippen LogP contribution in [0.15, 0.2) is 11.6 Å². The maximum atomic E-state index is 13.0. The molecule has 2 N–H and O–H groups in total. The average molecular weight is 489 g/mol. The molecule has 0 aliphatic carbocycles. The summed E-state index contributed by atoms with van der Waals surface area (Å²) < 4.78 is 16.1. The van der Waals surface area contributed by atoms with Gasteiger partial charge in [-0.25, -0.2) is 9.59 Å². The summed E-state index contributed by atoms with van der Waals surface area (Å²) in [4.78, 5) is 37.4. The van der Waals surface area contributed by atoms with Gasteiger partial charge in [0.05, 0.1) is 25.0 Å². The third-order valence-corrected chi connectivity index (χ3v) is 6.33. The summed E-state index contributed by atoms with van der Waals surface area (Å²) in [5.74, 6) is -0.0744. The highest BCUT2D eigenvalue weighted by Gasteiger charge is 2.32. The van der Waals surface area contributed by atoms with Crippen LogP contribution < -0.4 is 15.4 Å². The summed E-state index contributed by atoms with van der Waals surface area (Å²) in [6, 6.07) is -0.305. The Balaban J connectivity index is 2.38. The van der Waals surface area contributed by atoms with Gasteiger partial charge in [0.2, 0.25) is 0 Å². The maximum Gasteiger partial charge on any atom is 0.341 e. The molecule has 0 fully saturated rings. The van der Waals surface area contributed by atoms with E-state index in [2.05, 4.69) is 17.6 Å². The van der Waals surface area contributed by atoms with E-state index >= 15 is 0 Å². The van der Waals surface area contributed by atoms with Crippen molar-refractivity contribution in [1.82, 2.24) is 5.32 Å². The van der Waals surface area contributed by atoms with Gasteiger partial charge in [-0.3, -0.25) is 4.79 Å². The van der Waals surface area contributed by atoms with Crippen LogP contribution in [-0.4, -0.2) is 37.7 Å². The Labute approximate surface area is 208 Å². The molecule has 1 unspecified atom stereocenters. The minimum atomic E-state index is -0.455. The molecule has 1 heterocycles. The molecule has 0 saturated heterocycles. The molecule has 8 nitrogen and oxygen atoms in total. The van der Waals surface area contributed by atoms with Gasteiger partial charge in [0, 0.05) is 23.6 Å². The summed E-state index contributed by atoms with van der Waals surface area (Å²) in [7, 11) is 1.58. The first kappa shape index (κ1) is 28.2. The van der Waals surface area contributed by atoms with Gasteiger partial charge in [-0.15, -0.1) is 0 Å². The Bertz CT molecular complexity index is 954. The largest absolute Gasteiger partial charge is 0.496 e. The number of hydrogen-bond acceptors (Lipinski definition) is 6. The summed E-state index contributed by atoms with van der Waals surface area (Å²) in [5, 5.41) is 5.98. The number of allylic oxidation sites excluding steroid dienone is 2. The highest BCUT2D eigenvalue weighted by molar-refractivity contribution is 6.05. The first-order chi connectivity index (χ1) is 16.8. The molecule has 35 heavy (non-hydrogen) atoms. The number of cyclic esters (lactones) is 1. The van der Waals surface area contributed by atoms with Crippen molar-refractivity contribution < 1.29 is 28.6 Å². The smallest absolute Gasteiger partial charge is 0.341 e. The fraction of sp³-hybridized carbons (Fsp3) is 0.593. The zero-order valence-electron chi connectivity index (χ0n) is 22.0. The van der Waals surface area contributed by atoms with Crippen LogP contribution in [0.4, 0.5) is 10.5 Å². The number of fused-ring (bicyclic) bond motifs is 1. The lowest BCUT2D eigenvalue weighted by molar-refractivity contribution is -0.143. The van der Waals surface area contributed by atoms with Gasteiger partial charge < -0.3 is 24.8 Å². The predicted octanol–water partition coefficient (Wildman–Crippen LogP) is 5.60. The fourth-order valence-corrected chi connectivity index (χ4v) is 4.27. The number of urea groups is 1. The average Bonchev–Trinajstić information content (AvgIpc) is 3.22. The molecule has 1 aromatic rings. The predicted molar refractivity (Wildman–Crippen MR) is 136 cm³/mol. The van der Waals surface area contributed by atoms with Crippen LogP contribution in [0.3, 0.4) is 0 Å². The molecule has 1 aromatic carbocycles. The van der Waals surface area contributed by atoms with E-state index in [0.717, 1.165) is 42.4 Å². The van der Waals surface area contributed by atoms with Gasteiger partial charge in [-0.05, 0) is 52.0 Å². The van der Waals surface area contributed by atoms with Gasteiger partial charge in [0.25, 0.3) is 0 Å². The van der Waals surface area contributed by atoms with E-state index in [0.29, 0.717) is 48.4 Å².